The number of carboxylic acids is 2. The highest BCUT2D eigenvalue weighted by atomic mass is 79.9. The van der Waals surface area contributed by atoms with Crippen LogP contribution in [0.25, 0.3) is 0 Å². The molecular formula is C66H79Br2N3O22. The van der Waals surface area contributed by atoms with E-state index in [1.807, 2.05) is 0 Å². The van der Waals surface area contributed by atoms with Crippen molar-refractivity contribution in [2.45, 2.75) is 13.8 Å². The second-order valence-electron chi connectivity index (χ2n) is 17.7. The van der Waals surface area contributed by atoms with Crippen molar-refractivity contribution in [1.82, 2.24) is 0 Å². The number of esters is 2. The first-order valence-corrected chi connectivity index (χ1v) is 30.2. The molecule has 504 valence electrons. The molecule has 0 heterocycles. The molecule has 7 aromatic carbocycles. The van der Waals surface area contributed by atoms with E-state index in [0.29, 0.717) is 109 Å². The third kappa shape index (κ3) is 40.8. The van der Waals surface area contributed by atoms with Gasteiger partial charge < -0.3 is 94.4 Å². The Labute approximate surface area is 556 Å². The van der Waals surface area contributed by atoms with Gasteiger partial charge in [0.2, 0.25) is 0 Å². The number of aliphatic hydroxyl groups is 1. The zero-order valence-corrected chi connectivity index (χ0v) is 55.1. The number of nitrogens with two attached hydrogens (primary N) is 1. The van der Waals surface area contributed by atoms with Gasteiger partial charge in [-0.2, -0.15) is 0 Å². The van der Waals surface area contributed by atoms with E-state index in [1.165, 1.54) is 55.5 Å². The van der Waals surface area contributed by atoms with Crippen molar-refractivity contribution < 1.29 is 107 Å². The molecule has 0 aliphatic carbocycles. The van der Waals surface area contributed by atoms with Crippen molar-refractivity contribution in [3.05, 3.63) is 192 Å². The van der Waals surface area contributed by atoms with Crippen LogP contribution in [-0.2, 0) is 38.0 Å². The topological polar surface area (TPSA) is 366 Å². The number of hydrogen-bond donors (Lipinski definition) is 9. The van der Waals surface area contributed by atoms with E-state index in [2.05, 4.69) is 52.0 Å². The van der Waals surface area contributed by atoms with E-state index in [4.69, 9.17) is 69.2 Å². The molecule has 0 saturated heterocycles. The number of carbonyl (C=O) groups excluding carboxylic acids is 4. The molecule has 0 aromatic heterocycles. The average molecular weight is 1430 g/mol. The first kappa shape index (κ1) is 81.5. The van der Waals surface area contributed by atoms with Gasteiger partial charge in [0.05, 0.1) is 44.2 Å². The Morgan fingerprint density at radius 1 is 0.430 bits per heavy atom. The Morgan fingerprint density at radius 3 is 1.02 bits per heavy atom. The minimum absolute atomic E-state index is 0.0741. The summed E-state index contributed by atoms with van der Waals surface area (Å²) < 4.78 is 50.0. The van der Waals surface area contributed by atoms with Crippen LogP contribution >= 0.6 is 31.9 Å². The molecule has 0 aliphatic rings. The summed E-state index contributed by atoms with van der Waals surface area (Å²) in [4.78, 5) is 65.9. The molecule has 27 heteroatoms. The Hall–Kier alpha value is -9.48. The lowest BCUT2D eigenvalue weighted by Gasteiger charge is -2.09. The van der Waals surface area contributed by atoms with Crippen molar-refractivity contribution in [3.8, 4) is 40.2 Å². The van der Waals surface area contributed by atoms with Crippen LogP contribution in [0.3, 0.4) is 0 Å². The molecular weight excluding hydrogens is 1350 g/mol. The van der Waals surface area contributed by atoms with Crippen LogP contribution < -0.4 is 35.3 Å². The summed E-state index contributed by atoms with van der Waals surface area (Å²) in [6, 6.07) is 45.0. The highest BCUT2D eigenvalue weighted by Crippen LogP contribution is 2.20. The molecule has 0 radical (unpaired) electrons. The molecule has 25 nitrogen and oxygen atoms in total. The van der Waals surface area contributed by atoms with Crippen molar-refractivity contribution in [3.63, 3.8) is 0 Å². The smallest absolute Gasteiger partial charge is 0.335 e. The molecule has 0 bridgehead atoms. The SMILES string of the molecule is CCOC(=O)CBr.COCCOc1ccc(C(=O)Nc2ccc(O)cc2)cc1.COCCOc1ccc(C(=O)Nc2ccc(OCCOC(C)=O)cc2)cc1.COCCOc1ccc(C(=O)O)cc1.Nc1ccc(O)cc1.O=C(O)c1ccc(O)cc1.OCOCCBr. The Bertz CT molecular complexity index is 3120. The summed E-state index contributed by atoms with van der Waals surface area (Å²) in [5, 5.41) is 58.3. The second kappa shape index (κ2) is 51.2. The number of methoxy groups -OCH3 is 3. The number of carboxylic acid groups (broad SMARTS) is 2. The van der Waals surface area contributed by atoms with Crippen molar-refractivity contribution in [1.29, 1.82) is 0 Å². The summed E-state index contributed by atoms with van der Waals surface area (Å²) in [5.74, 6) is 0.208. The molecule has 0 fully saturated rings. The van der Waals surface area contributed by atoms with E-state index in [1.54, 1.807) is 150 Å². The minimum Gasteiger partial charge on any atom is -0.508 e. The fourth-order valence-electron chi connectivity index (χ4n) is 6.16. The molecule has 2 amide bonds. The van der Waals surface area contributed by atoms with Crippen LogP contribution in [0, 0.1) is 0 Å². The summed E-state index contributed by atoms with van der Waals surface area (Å²) in [5.41, 5.74) is 8.74. The summed E-state index contributed by atoms with van der Waals surface area (Å²) >= 11 is 6.06. The number of phenolic OH excluding ortho intramolecular Hbond substituents is 3. The Balaban J connectivity index is 0.000000581. The number of nitrogen functional groups attached to an aromatic ring is 1. The highest BCUT2D eigenvalue weighted by molar-refractivity contribution is 9.09. The Kier molecular flexibility index (Phi) is 44.9. The van der Waals surface area contributed by atoms with Gasteiger partial charge in [-0.1, -0.05) is 31.9 Å². The normalized spacial score (nSPS) is 9.68. The average Bonchev–Trinajstić information content (AvgIpc) is 1.77. The fraction of sp³-hybridized carbons (Fsp3) is 0.273. The van der Waals surface area contributed by atoms with Crippen LogP contribution in [0.1, 0.15) is 55.3 Å². The minimum atomic E-state index is -0.986. The van der Waals surface area contributed by atoms with Gasteiger partial charge in [0, 0.05) is 61.8 Å². The summed E-state index contributed by atoms with van der Waals surface area (Å²) in [7, 11) is 4.81. The zero-order valence-electron chi connectivity index (χ0n) is 51.9. The zero-order chi connectivity index (χ0) is 69.0. The Morgan fingerprint density at radius 2 is 0.742 bits per heavy atom. The second-order valence-corrected chi connectivity index (χ2v) is 19.0. The number of halogens is 2. The number of alkyl halides is 2. The lowest BCUT2D eigenvalue weighted by Crippen LogP contribution is -2.12. The number of amides is 2. The van der Waals surface area contributed by atoms with E-state index in [9.17, 15) is 33.9 Å². The maximum absolute atomic E-state index is 12.3. The largest absolute Gasteiger partial charge is 0.508 e. The third-order valence-electron chi connectivity index (χ3n) is 10.6. The molecule has 0 unspecified atom stereocenters. The van der Waals surface area contributed by atoms with Gasteiger partial charge in [-0.05, 0) is 177 Å². The summed E-state index contributed by atoms with van der Waals surface area (Å²) in [6.07, 6.45) is 0. The number of carbonyl (C=O) groups is 6. The predicted molar refractivity (Wildman–Crippen MR) is 356 cm³/mol. The third-order valence-corrected chi connectivity index (χ3v) is 11.4. The van der Waals surface area contributed by atoms with Crippen molar-refractivity contribution >= 4 is 84.6 Å². The number of nitrogens with one attached hydrogen (secondary N) is 2. The molecule has 0 atom stereocenters. The quantitative estimate of drug-likeness (QED) is 0.00577. The van der Waals surface area contributed by atoms with Gasteiger partial charge in [0.25, 0.3) is 11.8 Å². The van der Waals surface area contributed by atoms with Crippen LogP contribution in [0.4, 0.5) is 17.1 Å². The van der Waals surface area contributed by atoms with Gasteiger partial charge in [-0.3, -0.25) is 19.2 Å². The number of anilines is 3. The highest BCUT2D eigenvalue weighted by Gasteiger charge is 2.09. The lowest BCUT2D eigenvalue weighted by molar-refractivity contribution is -0.142. The molecule has 7 rings (SSSR count). The van der Waals surface area contributed by atoms with Crippen molar-refractivity contribution in [2.24, 2.45) is 0 Å². The van der Waals surface area contributed by atoms with Gasteiger partial charge in [-0.25, -0.2) is 9.59 Å². The molecule has 7 aromatic rings. The van der Waals surface area contributed by atoms with Crippen molar-refractivity contribution in [2.75, 3.05) is 121 Å². The van der Waals surface area contributed by atoms with E-state index < -0.39 is 11.9 Å². The molecule has 93 heavy (non-hydrogen) atoms. The first-order chi connectivity index (χ1) is 44.7. The standard InChI is InChI=1S/C20H23NO6.C16H17NO4.C10H12O4.C7H6O3.C6H7NO.C4H7BrO2.C3H7BrO2/c1-15(22)25-13-14-27-19-9-5-17(6-10-19)21-20(23)16-3-7-18(8-4-16)26-12-11-24-2;1-20-10-11-21-15-8-2-12(3-9-15)16(19)17-13-4-6-14(18)7-5-13;1-13-6-7-14-9-4-2-8(3-5-9)10(11)12;8-6-3-1-5(2-4-6)7(9)10;7-5-1-3-6(8)4-2-5;1-2-7-4(6)3-5;4-1-2-6-3-5/h3-10H,11-14H2,1-2H3,(H,21,23);2-9,18H,10-11H2,1H3,(H,17,19);2-5H,6-7H2,1H3,(H,11,12);1-4,8H,(H,9,10);1-4,8H,7H2;2-3H2,1H3;5H,1-3H2. The number of hydrogen-bond acceptors (Lipinski definition) is 21. The number of aromatic hydroxyl groups is 3. The van der Waals surface area contributed by atoms with Crippen LogP contribution in [0.15, 0.2) is 170 Å². The summed E-state index contributed by atoms with van der Waals surface area (Å²) in [6.45, 7) is 7.38. The number of aliphatic hydroxyl groups excluding tert-OH is 1. The number of ether oxygens (including phenoxy) is 10. The molecule has 0 saturated carbocycles. The van der Waals surface area contributed by atoms with Gasteiger partial charge in [-0.15, -0.1) is 0 Å². The monoisotopic (exact) mass is 1420 g/mol. The lowest BCUT2D eigenvalue weighted by atomic mass is 10.2. The molecule has 10 N–H and O–H groups in total. The predicted octanol–water partition coefficient (Wildman–Crippen LogP) is 10.3. The van der Waals surface area contributed by atoms with Gasteiger partial charge in [0.15, 0.2) is 0 Å². The van der Waals surface area contributed by atoms with Gasteiger partial charge in [0.1, 0.15) is 85.4 Å². The van der Waals surface area contributed by atoms with Crippen LogP contribution in [-0.4, -0.2) is 171 Å². The molecule has 0 aliphatic heterocycles. The number of rotatable bonds is 27. The van der Waals surface area contributed by atoms with Crippen LogP contribution in [0.2, 0.25) is 0 Å². The first-order valence-electron chi connectivity index (χ1n) is 27.9. The maximum Gasteiger partial charge on any atom is 0.335 e. The van der Waals surface area contributed by atoms with E-state index in [0.717, 1.165) is 5.33 Å². The maximum atomic E-state index is 12.3. The van der Waals surface area contributed by atoms with Gasteiger partial charge >= 0.3 is 23.9 Å². The number of aromatic carboxylic acids is 2. The molecule has 0 spiro atoms. The van der Waals surface area contributed by atoms with E-state index >= 15 is 0 Å². The fourth-order valence-corrected chi connectivity index (χ4v) is 6.55. The number of phenols is 3. The number of benzene rings is 7. The van der Waals surface area contributed by atoms with E-state index in [-0.39, 0.29) is 72.1 Å². The van der Waals surface area contributed by atoms with Crippen LogP contribution in [0.5, 0.6) is 40.2 Å².